The van der Waals surface area contributed by atoms with Crippen LogP contribution in [0, 0.1) is 5.92 Å². The minimum atomic E-state index is -1.07. The molecule has 0 aliphatic heterocycles. The maximum atomic E-state index is 13.1. The quantitative estimate of drug-likeness (QED) is 0.410. The number of benzene rings is 1. The van der Waals surface area contributed by atoms with Crippen molar-refractivity contribution in [3.63, 3.8) is 0 Å². The fraction of sp³-hybridized carbons (Fsp3) is 0.143. The number of amides is 2. The second-order valence-electron chi connectivity index (χ2n) is 7.29. The Morgan fingerprint density at radius 1 is 1.32 bits per heavy atom. The number of anilines is 2. The first kappa shape index (κ1) is 19.3. The molecule has 10 heteroatoms. The van der Waals surface area contributed by atoms with E-state index in [1.54, 1.807) is 35.1 Å². The topological polar surface area (TPSA) is 104 Å². The summed E-state index contributed by atoms with van der Waals surface area (Å²) in [5.74, 6) is -1.01. The second kappa shape index (κ2) is 7.21. The van der Waals surface area contributed by atoms with Crippen molar-refractivity contribution in [3.8, 4) is 11.1 Å². The van der Waals surface area contributed by atoms with Gasteiger partial charge in [-0.1, -0.05) is 18.2 Å². The first-order valence-electron chi connectivity index (χ1n) is 9.47. The predicted molar refractivity (Wildman–Crippen MR) is 116 cm³/mol. The normalized spacial score (nSPS) is 17.6. The van der Waals surface area contributed by atoms with Crippen LogP contribution in [0.15, 0.2) is 49.4 Å². The highest BCUT2D eigenvalue weighted by atomic mass is 35.5. The number of nitrogens with one attached hydrogen (secondary N) is 3. The summed E-state index contributed by atoms with van der Waals surface area (Å²) in [7, 11) is 0. The molecule has 1 fully saturated rings. The van der Waals surface area contributed by atoms with Crippen molar-refractivity contribution >= 4 is 51.5 Å². The van der Waals surface area contributed by atoms with E-state index in [2.05, 4.69) is 32.4 Å². The number of carbonyl (C=O) groups is 2. The lowest BCUT2D eigenvalue weighted by Gasteiger charge is -2.12. The van der Waals surface area contributed by atoms with Crippen LogP contribution in [0.5, 0.6) is 0 Å². The third-order valence-corrected chi connectivity index (χ3v) is 5.56. The SMILES string of the molecule is C=CC(=O)Nc1cc2[nH]ncc2c(-c2ccc3nc(NC(=O)[C@@H]4C[C@@H]4F)cn3c2)c1Cl. The molecule has 1 aliphatic rings. The first-order valence-corrected chi connectivity index (χ1v) is 9.85. The third kappa shape index (κ3) is 3.42. The predicted octanol–water partition coefficient (Wildman–Crippen LogP) is 3.95. The monoisotopic (exact) mass is 438 g/mol. The molecule has 3 aromatic heterocycles. The lowest BCUT2D eigenvalue weighted by Crippen LogP contribution is -2.15. The number of carbonyl (C=O) groups excluding carboxylic acids is 2. The Bertz CT molecular complexity index is 1380. The fourth-order valence-corrected chi connectivity index (χ4v) is 3.79. The molecule has 3 N–H and O–H groups in total. The number of alkyl halides is 1. The zero-order valence-corrected chi connectivity index (χ0v) is 16.8. The Morgan fingerprint density at radius 3 is 2.87 bits per heavy atom. The van der Waals surface area contributed by atoms with Gasteiger partial charge in [0.05, 0.1) is 34.5 Å². The number of rotatable bonds is 5. The van der Waals surface area contributed by atoms with Gasteiger partial charge in [-0.15, -0.1) is 0 Å². The molecule has 0 unspecified atom stereocenters. The van der Waals surface area contributed by atoms with Crippen molar-refractivity contribution < 1.29 is 14.0 Å². The summed E-state index contributed by atoms with van der Waals surface area (Å²) in [6.45, 7) is 3.46. The van der Waals surface area contributed by atoms with Crippen molar-refractivity contribution in [2.45, 2.75) is 12.6 Å². The standard InChI is InChI=1S/C21H16ClFN6O2/c1-2-18(30)25-15-6-14-12(7-24-28-14)19(20(15)22)10-3-4-17-26-16(9-29(17)8-10)27-21(31)11-5-13(11)23/h2-4,6-9,11,13H,1,5H2,(H,24,28)(H,25,30)(H,27,31)/t11-,13+/m1/s1. The summed E-state index contributed by atoms with van der Waals surface area (Å²) in [5.41, 5.74) is 3.14. The van der Waals surface area contributed by atoms with Crippen LogP contribution in [0.2, 0.25) is 5.02 Å². The maximum Gasteiger partial charge on any atom is 0.247 e. The van der Waals surface area contributed by atoms with Gasteiger partial charge in [0.25, 0.3) is 0 Å². The lowest BCUT2D eigenvalue weighted by atomic mass is 10.0. The van der Waals surface area contributed by atoms with Crippen LogP contribution in [0.25, 0.3) is 27.7 Å². The van der Waals surface area contributed by atoms with Crippen LogP contribution < -0.4 is 10.6 Å². The molecule has 4 aromatic rings. The van der Waals surface area contributed by atoms with E-state index in [4.69, 9.17) is 11.6 Å². The Kier molecular flexibility index (Phi) is 4.48. The van der Waals surface area contributed by atoms with Crippen molar-refractivity contribution in [1.29, 1.82) is 0 Å². The Labute approximate surface area is 180 Å². The maximum absolute atomic E-state index is 13.1. The molecule has 2 amide bonds. The van der Waals surface area contributed by atoms with E-state index in [1.165, 1.54) is 0 Å². The Morgan fingerprint density at radius 2 is 2.13 bits per heavy atom. The molecule has 3 heterocycles. The smallest absolute Gasteiger partial charge is 0.247 e. The number of H-pyrrole nitrogens is 1. The van der Waals surface area contributed by atoms with Crippen LogP contribution in [-0.4, -0.2) is 37.6 Å². The molecule has 1 saturated carbocycles. The van der Waals surface area contributed by atoms with Crippen LogP contribution >= 0.6 is 11.6 Å². The van der Waals surface area contributed by atoms with E-state index in [1.807, 2.05) is 6.07 Å². The van der Waals surface area contributed by atoms with Gasteiger partial charge in [0.1, 0.15) is 11.8 Å². The average molecular weight is 439 g/mol. The van der Waals surface area contributed by atoms with Gasteiger partial charge in [-0.2, -0.15) is 5.10 Å². The molecule has 8 nitrogen and oxygen atoms in total. The minimum absolute atomic E-state index is 0.251. The molecule has 31 heavy (non-hydrogen) atoms. The van der Waals surface area contributed by atoms with E-state index in [0.29, 0.717) is 33.3 Å². The summed E-state index contributed by atoms with van der Waals surface area (Å²) < 4.78 is 14.8. The van der Waals surface area contributed by atoms with Gasteiger partial charge in [0, 0.05) is 22.7 Å². The third-order valence-electron chi connectivity index (χ3n) is 5.17. The molecular formula is C21H16ClFN6O2. The minimum Gasteiger partial charge on any atom is -0.321 e. The lowest BCUT2D eigenvalue weighted by molar-refractivity contribution is -0.117. The largest absolute Gasteiger partial charge is 0.321 e. The van der Waals surface area contributed by atoms with Gasteiger partial charge in [0.2, 0.25) is 11.8 Å². The van der Waals surface area contributed by atoms with E-state index < -0.39 is 12.1 Å². The molecule has 1 aromatic carbocycles. The van der Waals surface area contributed by atoms with Gasteiger partial charge < -0.3 is 15.0 Å². The number of pyridine rings is 1. The highest BCUT2D eigenvalue weighted by Gasteiger charge is 2.43. The molecule has 0 bridgehead atoms. The number of halogens is 2. The summed E-state index contributed by atoms with van der Waals surface area (Å²) in [6.07, 6.45) is 5.45. The molecule has 0 saturated heterocycles. The van der Waals surface area contributed by atoms with Gasteiger partial charge in [0.15, 0.2) is 5.82 Å². The summed E-state index contributed by atoms with van der Waals surface area (Å²) in [6, 6.07) is 5.31. The number of aromatic amines is 1. The van der Waals surface area contributed by atoms with Crippen LogP contribution in [0.1, 0.15) is 6.42 Å². The number of hydrogen-bond donors (Lipinski definition) is 3. The number of hydrogen-bond acceptors (Lipinski definition) is 4. The number of aromatic nitrogens is 4. The molecule has 156 valence electrons. The molecule has 0 spiro atoms. The number of fused-ring (bicyclic) bond motifs is 2. The van der Waals surface area contributed by atoms with Gasteiger partial charge >= 0.3 is 0 Å². The van der Waals surface area contributed by atoms with Gasteiger partial charge in [-0.25, -0.2) is 9.37 Å². The highest BCUT2D eigenvalue weighted by molar-refractivity contribution is 6.38. The molecule has 5 rings (SSSR count). The summed E-state index contributed by atoms with van der Waals surface area (Å²) in [5, 5.41) is 13.4. The summed E-state index contributed by atoms with van der Waals surface area (Å²) >= 11 is 6.65. The Hall–Kier alpha value is -3.72. The first-order chi connectivity index (χ1) is 14.9. The molecule has 1 aliphatic carbocycles. The van der Waals surface area contributed by atoms with Crippen molar-refractivity contribution in [3.05, 3.63) is 54.5 Å². The van der Waals surface area contributed by atoms with E-state index in [9.17, 15) is 14.0 Å². The molecule has 0 radical (unpaired) electrons. The average Bonchev–Trinajstić information content (AvgIpc) is 3.11. The fourth-order valence-electron chi connectivity index (χ4n) is 3.48. The second-order valence-corrected chi connectivity index (χ2v) is 7.67. The highest BCUT2D eigenvalue weighted by Crippen LogP contribution is 2.40. The molecular weight excluding hydrogens is 423 g/mol. The van der Waals surface area contributed by atoms with Crippen molar-refractivity contribution in [2.75, 3.05) is 10.6 Å². The van der Waals surface area contributed by atoms with Gasteiger partial charge in [-0.3, -0.25) is 14.7 Å². The van der Waals surface area contributed by atoms with E-state index in [-0.39, 0.29) is 18.2 Å². The number of nitrogens with zero attached hydrogens (tertiary/aromatic N) is 3. The van der Waals surface area contributed by atoms with E-state index >= 15 is 0 Å². The van der Waals surface area contributed by atoms with Crippen LogP contribution in [0.4, 0.5) is 15.9 Å². The van der Waals surface area contributed by atoms with Crippen LogP contribution in [0.3, 0.4) is 0 Å². The zero-order chi connectivity index (χ0) is 21.7. The van der Waals surface area contributed by atoms with Crippen molar-refractivity contribution in [2.24, 2.45) is 5.92 Å². The van der Waals surface area contributed by atoms with Crippen molar-refractivity contribution in [1.82, 2.24) is 19.6 Å². The molecule has 2 atom stereocenters. The zero-order valence-electron chi connectivity index (χ0n) is 16.0. The summed E-state index contributed by atoms with van der Waals surface area (Å²) in [4.78, 5) is 28.2. The Balaban J connectivity index is 1.56. The van der Waals surface area contributed by atoms with Gasteiger partial charge in [-0.05, 0) is 30.7 Å². The van der Waals surface area contributed by atoms with E-state index in [0.717, 1.165) is 17.0 Å². The number of imidazole rings is 1. The van der Waals surface area contributed by atoms with Crippen LogP contribution in [-0.2, 0) is 9.59 Å².